The smallest absolute Gasteiger partial charge is 0.279 e. The molecule has 150 valence electrons. The molecule has 0 saturated heterocycles. The van der Waals surface area contributed by atoms with Crippen LogP contribution in [-0.2, 0) is 4.79 Å². The maximum absolute atomic E-state index is 12.2. The van der Waals surface area contributed by atoms with Gasteiger partial charge >= 0.3 is 0 Å². The molecule has 0 unspecified atom stereocenters. The zero-order valence-corrected chi connectivity index (χ0v) is 17.7. The Balaban J connectivity index is 1.86. The van der Waals surface area contributed by atoms with Gasteiger partial charge in [0.2, 0.25) is 0 Å². The van der Waals surface area contributed by atoms with Crippen LogP contribution < -0.4 is 30.4 Å². The quantitative estimate of drug-likeness (QED) is 0.462. The second-order valence-corrected chi connectivity index (χ2v) is 6.70. The number of carbonyl (C=O) groups excluding carboxylic acids is 1. The van der Waals surface area contributed by atoms with E-state index in [1.54, 1.807) is 44.4 Å². The van der Waals surface area contributed by atoms with E-state index >= 15 is 0 Å². The highest BCUT2D eigenvalue weighted by Crippen LogP contribution is 2.29. The number of rotatable bonds is 6. The first-order chi connectivity index (χ1) is 13.3. The summed E-state index contributed by atoms with van der Waals surface area (Å²) < 4.78 is 15.9. The summed E-state index contributed by atoms with van der Waals surface area (Å²) in [4.78, 5) is 12.2. The van der Waals surface area contributed by atoms with Crippen LogP contribution in [0.25, 0.3) is 0 Å². The number of amides is 1. The Morgan fingerprint density at radius 1 is 1.00 bits per heavy atom. The van der Waals surface area contributed by atoms with Crippen molar-refractivity contribution in [3.8, 4) is 17.2 Å². The third kappa shape index (κ3) is 6.05. The van der Waals surface area contributed by atoms with Crippen LogP contribution in [0.4, 0.5) is 5.69 Å². The van der Waals surface area contributed by atoms with Crippen molar-refractivity contribution in [2.24, 2.45) is 0 Å². The van der Waals surface area contributed by atoms with Gasteiger partial charge in [-0.05, 0) is 43.4 Å². The molecular weight excluding hydrogens is 425 g/mol. The Kier molecular flexibility index (Phi) is 7.98. The maximum Gasteiger partial charge on any atom is 0.279 e. The van der Waals surface area contributed by atoms with Crippen LogP contribution >= 0.6 is 35.4 Å². The summed E-state index contributed by atoms with van der Waals surface area (Å²) in [5.74, 6) is 1.13. The summed E-state index contributed by atoms with van der Waals surface area (Å²) in [5.41, 5.74) is 5.73. The van der Waals surface area contributed by atoms with Crippen molar-refractivity contribution in [3.63, 3.8) is 0 Å². The lowest BCUT2D eigenvalue weighted by Gasteiger charge is -2.17. The summed E-state index contributed by atoms with van der Waals surface area (Å²) in [7, 11) is 3.08. The van der Waals surface area contributed by atoms with Crippen molar-refractivity contribution in [1.29, 1.82) is 0 Å². The molecule has 1 amide bonds. The van der Waals surface area contributed by atoms with E-state index < -0.39 is 12.0 Å². The van der Waals surface area contributed by atoms with Gasteiger partial charge in [-0.2, -0.15) is 0 Å². The summed E-state index contributed by atoms with van der Waals surface area (Å²) >= 11 is 16.9. The molecule has 0 aliphatic heterocycles. The lowest BCUT2D eigenvalue weighted by atomic mass is 10.3. The third-order valence-electron chi connectivity index (χ3n) is 3.51. The van der Waals surface area contributed by atoms with Crippen molar-refractivity contribution < 1.29 is 19.0 Å². The van der Waals surface area contributed by atoms with Gasteiger partial charge in [-0.25, -0.2) is 0 Å². The molecule has 0 aromatic heterocycles. The zero-order valence-electron chi connectivity index (χ0n) is 15.3. The molecule has 7 nitrogen and oxygen atoms in total. The number of anilines is 1. The fourth-order valence-electron chi connectivity index (χ4n) is 2.10. The van der Waals surface area contributed by atoms with Crippen LogP contribution in [0.5, 0.6) is 17.2 Å². The van der Waals surface area contributed by atoms with Gasteiger partial charge < -0.3 is 19.5 Å². The normalized spacial score (nSPS) is 11.2. The van der Waals surface area contributed by atoms with Crippen LogP contribution in [-0.4, -0.2) is 31.3 Å². The van der Waals surface area contributed by atoms with Crippen LogP contribution in [0.3, 0.4) is 0 Å². The minimum atomic E-state index is -0.798. The number of carbonyl (C=O) groups is 1. The van der Waals surface area contributed by atoms with E-state index in [9.17, 15) is 4.79 Å². The Labute approximate surface area is 178 Å². The minimum Gasteiger partial charge on any atom is -0.493 e. The second kappa shape index (κ2) is 10.2. The molecule has 2 aromatic carbocycles. The maximum atomic E-state index is 12.2. The van der Waals surface area contributed by atoms with Crippen LogP contribution in [0, 0.1) is 0 Å². The molecule has 2 aromatic rings. The molecule has 28 heavy (non-hydrogen) atoms. The van der Waals surface area contributed by atoms with E-state index in [-0.39, 0.29) is 5.11 Å². The molecule has 3 N–H and O–H groups in total. The number of ether oxygens (including phenoxy) is 3. The Bertz CT molecular complexity index is 867. The minimum absolute atomic E-state index is 0.183. The van der Waals surface area contributed by atoms with E-state index in [1.807, 2.05) is 0 Å². The Morgan fingerprint density at radius 2 is 1.71 bits per heavy atom. The average Bonchev–Trinajstić information content (AvgIpc) is 2.68. The van der Waals surface area contributed by atoms with E-state index in [2.05, 4.69) is 16.2 Å². The fourth-order valence-corrected chi connectivity index (χ4v) is 2.56. The second-order valence-electron chi connectivity index (χ2n) is 5.47. The van der Waals surface area contributed by atoms with Crippen molar-refractivity contribution in [2.45, 2.75) is 13.0 Å². The highest BCUT2D eigenvalue weighted by molar-refractivity contribution is 7.80. The van der Waals surface area contributed by atoms with Gasteiger partial charge in [-0.3, -0.25) is 15.6 Å². The molecule has 1 atom stereocenters. The van der Waals surface area contributed by atoms with Gasteiger partial charge in [0.15, 0.2) is 22.7 Å². The van der Waals surface area contributed by atoms with Crippen LogP contribution in [0.2, 0.25) is 10.0 Å². The largest absolute Gasteiger partial charge is 0.493 e. The standard InChI is InChI=1S/C18H19Cl2N3O4S/c1-10(27-12-5-6-13(19)14(20)9-12)17(24)22-23-18(28)21-11-4-7-15(25-2)16(8-11)26-3/h4-10H,1-3H3,(H,22,24)(H2,21,23,28)/t10-/m0/s1. The molecule has 0 bridgehead atoms. The van der Waals surface area contributed by atoms with Gasteiger partial charge in [-0.15, -0.1) is 0 Å². The van der Waals surface area contributed by atoms with Gasteiger partial charge in [0, 0.05) is 17.8 Å². The van der Waals surface area contributed by atoms with Crippen molar-refractivity contribution >= 4 is 52.1 Å². The third-order valence-corrected chi connectivity index (χ3v) is 4.46. The van der Waals surface area contributed by atoms with Crippen molar-refractivity contribution in [2.75, 3.05) is 19.5 Å². The van der Waals surface area contributed by atoms with E-state index in [4.69, 9.17) is 49.6 Å². The molecule has 0 spiro atoms. The molecule has 0 aliphatic rings. The SMILES string of the molecule is COc1ccc(NC(=S)NNC(=O)[C@H](C)Oc2ccc(Cl)c(Cl)c2)cc1OC. The van der Waals surface area contributed by atoms with Crippen molar-refractivity contribution in [1.82, 2.24) is 10.9 Å². The van der Waals surface area contributed by atoms with Crippen LogP contribution in [0.15, 0.2) is 36.4 Å². The molecule has 2 rings (SSSR count). The highest BCUT2D eigenvalue weighted by Gasteiger charge is 2.15. The van der Waals surface area contributed by atoms with E-state index in [0.717, 1.165) is 0 Å². The van der Waals surface area contributed by atoms with Crippen molar-refractivity contribution in [3.05, 3.63) is 46.4 Å². The van der Waals surface area contributed by atoms with Gasteiger partial charge in [0.1, 0.15) is 5.75 Å². The first-order valence-corrected chi connectivity index (χ1v) is 9.21. The molecule has 0 heterocycles. The molecule has 10 heteroatoms. The number of hydrogen-bond donors (Lipinski definition) is 3. The van der Waals surface area contributed by atoms with Gasteiger partial charge in [-0.1, -0.05) is 23.2 Å². The number of hydrogen-bond acceptors (Lipinski definition) is 5. The number of hydrazine groups is 1. The molecule has 0 aliphatic carbocycles. The van der Waals surface area contributed by atoms with E-state index in [0.29, 0.717) is 33.0 Å². The van der Waals surface area contributed by atoms with Gasteiger partial charge in [0.25, 0.3) is 5.91 Å². The summed E-state index contributed by atoms with van der Waals surface area (Å²) in [6.45, 7) is 1.59. The van der Waals surface area contributed by atoms with Gasteiger partial charge in [0.05, 0.1) is 24.3 Å². The number of benzene rings is 2. The first-order valence-electron chi connectivity index (χ1n) is 8.04. The number of thiocarbonyl (C=S) groups is 1. The van der Waals surface area contributed by atoms with Crippen LogP contribution in [0.1, 0.15) is 6.92 Å². The molecular formula is C18H19Cl2N3O4S. The number of nitrogens with one attached hydrogen (secondary N) is 3. The predicted octanol–water partition coefficient (Wildman–Crippen LogP) is 3.80. The first kappa shape index (κ1) is 21.9. The lowest BCUT2D eigenvalue weighted by molar-refractivity contribution is -0.127. The number of halogens is 2. The fraction of sp³-hybridized carbons (Fsp3) is 0.222. The molecule has 0 fully saturated rings. The molecule has 0 saturated carbocycles. The van der Waals surface area contributed by atoms with E-state index in [1.165, 1.54) is 13.2 Å². The molecule has 0 radical (unpaired) electrons. The Morgan fingerprint density at radius 3 is 2.36 bits per heavy atom. The summed E-state index contributed by atoms with van der Waals surface area (Å²) in [6.07, 6.45) is -0.798. The monoisotopic (exact) mass is 443 g/mol. The lowest BCUT2D eigenvalue weighted by Crippen LogP contribution is -2.48. The average molecular weight is 444 g/mol. The summed E-state index contributed by atoms with van der Waals surface area (Å²) in [5, 5.41) is 3.85. The topological polar surface area (TPSA) is 80.9 Å². The summed E-state index contributed by atoms with van der Waals surface area (Å²) in [6, 6.07) is 9.94. The Hall–Kier alpha value is -2.42. The predicted molar refractivity (Wildman–Crippen MR) is 114 cm³/mol. The zero-order chi connectivity index (χ0) is 20.7. The number of methoxy groups -OCH3 is 2. The highest BCUT2D eigenvalue weighted by atomic mass is 35.5.